The Hall–Kier alpha value is -1.72. The van der Waals surface area contributed by atoms with Crippen molar-refractivity contribution in [1.29, 1.82) is 0 Å². The van der Waals surface area contributed by atoms with E-state index in [-0.39, 0.29) is 17.5 Å². The minimum atomic E-state index is -0.120. The van der Waals surface area contributed by atoms with Crippen molar-refractivity contribution >= 4 is 29.3 Å². The number of rotatable bonds is 2. The van der Waals surface area contributed by atoms with Gasteiger partial charge in [-0.05, 0) is 23.8 Å². The molecule has 0 spiro atoms. The van der Waals surface area contributed by atoms with Crippen LogP contribution in [0, 0.1) is 0 Å². The molecule has 1 aliphatic rings. The van der Waals surface area contributed by atoms with Gasteiger partial charge in [-0.15, -0.1) is 0 Å². The van der Waals surface area contributed by atoms with Gasteiger partial charge >= 0.3 is 0 Å². The molecule has 1 fully saturated rings. The third-order valence-electron chi connectivity index (χ3n) is 3.98. The third kappa shape index (κ3) is 3.46. The smallest absolute Gasteiger partial charge is 0.255 e. The second kappa shape index (κ2) is 6.81. The molecule has 1 atom stereocenters. The number of aromatic nitrogens is 1. The summed E-state index contributed by atoms with van der Waals surface area (Å²) in [7, 11) is 1.65. The minimum Gasteiger partial charge on any atom is -0.330 e. The normalized spacial score (nSPS) is 18.0. The maximum absolute atomic E-state index is 12.9. The van der Waals surface area contributed by atoms with Crippen molar-refractivity contribution in [3.8, 4) is 0 Å². The maximum atomic E-state index is 12.9. The SMILES string of the molecule is Cn1cc(C(=O)N2CCSC[C@H]2c2ccc(Cl)cc2)ccc1=O. The van der Waals surface area contributed by atoms with Crippen LogP contribution in [0.4, 0.5) is 0 Å². The molecule has 0 radical (unpaired) electrons. The molecule has 2 aromatic rings. The van der Waals surface area contributed by atoms with Gasteiger partial charge in [0, 0.05) is 42.4 Å². The Morgan fingerprint density at radius 2 is 1.96 bits per heavy atom. The average molecular weight is 349 g/mol. The fourth-order valence-electron chi connectivity index (χ4n) is 2.69. The van der Waals surface area contributed by atoms with E-state index < -0.39 is 0 Å². The molecule has 0 unspecified atom stereocenters. The van der Waals surface area contributed by atoms with Gasteiger partial charge in [0.25, 0.3) is 5.91 Å². The number of pyridine rings is 1. The third-order valence-corrected chi connectivity index (χ3v) is 5.25. The fourth-order valence-corrected chi connectivity index (χ4v) is 3.91. The van der Waals surface area contributed by atoms with E-state index in [1.807, 2.05) is 40.9 Å². The summed E-state index contributed by atoms with van der Waals surface area (Å²) in [6.07, 6.45) is 1.60. The Kier molecular flexibility index (Phi) is 4.78. The van der Waals surface area contributed by atoms with Crippen LogP contribution in [-0.2, 0) is 7.05 Å². The molecule has 23 heavy (non-hydrogen) atoms. The molecular weight excluding hydrogens is 332 g/mol. The van der Waals surface area contributed by atoms with Gasteiger partial charge < -0.3 is 9.47 Å². The standard InChI is InChI=1S/C17H17ClN2O2S/c1-19-10-13(4-7-16(19)21)17(22)20-8-9-23-11-15(20)12-2-5-14(18)6-3-12/h2-7,10,15H,8-9,11H2,1H3/t15-/m0/s1. The number of nitrogens with zero attached hydrogens (tertiary/aromatic N) is 2. The molecular formula is C17H17ClN2O2S. The molecule has 1 aromatic heterocycles. The molecule has 1 amide bonds. The maximum Gasteiger partial charge on any atom is 0.255 e. The number of halogens is 1. The van der Waals surface area contributed by atoms with Crippen LogP contribution in [0.3, 0.4) is 0 Å². The van der Waals surface area contributed by atoms with E-state index in [9.17, 15) is 9.59 Å². The topological polar surface area (TPSA) is 42.3 Å². The summed E-state index contributed by atoms with van der Waals surface area (Å²) in [5.74, 6) is 1.74. The highest BCUT2D eigenvalue weighted by Gasteiger charge is 2.29. The molecule has 1 saturated heterocycles. The zero-order chi connectivity index (χ0) is 16.4. The van der Waals surface area contributed by atoms with Crippen molar-refractivity contribution in [1.82, 2.24) is 9.47 Å². The van der Waals surface area contributed by atoms with Crippen molar-refractivity contribution in [3.05, 3.63) is 69.1 Å². The number of thioether (sulfide) groups is 1. The van der Waals surface area contributed by atoms with Crippen LogP contribution in [0.25, 0.3) is 0 Å². The van der Waals surface area contributed by atoms with Gasteiger partial charge in [0.2, 0.25) is 5.56 Å². The summed E-state index contributed by atoms with van der Waals surface area (Å²) in [6.45, 7) is 0.694. The van der Waals surface area contributed by atoms with E-state index in [1.54, 1.807) is 19.3 Å². The van der Waals surface area contributed by atoms with Crippen LogP contribution >= 0.6 is 23.4 Å². The average Bonchev–Trinajstić information content (AvgIpc) is 2.57. The molecule has 4 nitrogen and oxygen atoms in total. The number of hydrogen-bond acceptors (Lipinski definition) is 3. The van der Waals surface area contributed by atoms with Gasteiger partial charge in [-0.2, -0.15) is 11.8 Å². The van der Waals surface area contributed by atoms with Gasteiger partial charge in [-0.3, -0.25) is 9.59 Å². The first-order valence-corrected chi connectivity index (χ1v) is 8.90. The van der Waals surface area contributed by atoms with E-state index in [2.05, 4.69) is 0 Å². The van der Waals surface area contributed by atoms with Crippen LogP contribution in [0.15, 0.2) is 47.4 Å². The lowest BCUT2D eigenvalue weighted by molar-refractivity contribution is 0.0700. The van der Waals surface area contributed by atoms with Crippen LogP contribution in [0.1, 0.15) is 22.0 Å². The number of amides is 1. The van der Waals surface area contributed by atoms with Gasteiger partial charge in [0.05, 0.1) is 11.6 Å². The minimum absolute atomic E-state index is 0.0238. The highest BCUT2D eigenvalue weighted by molar-refractivity contribution is 7.99. The number of benzene rings is 1. The molecule has 0 N–H and O–H groups in total. The fraction of sp³-hybridized carbons (Fsp3) is 0.294. The molecule has 0 aliphatic carbocycles. The Morgan fingerprint density at radius 1 is 1.22 bits per heavy atom. The molecule has 0 bridgehead atoms. The lowest BCUT2D eigenvalue weighted by Gasteiger charge is -2.36. The summed E-state index contributed by atoms with van der Waals surface area (Å²) in [6, 6.07) is 10.7. The number of aryl methyl sites for hydroxylation is 1. The van der Waals surface area contributed by atoms with Crippen molar-refractivity contribution in [2.75, 3.05) is 18.1 Å². The zero-order valence-electron chi connectivity index (χ0n) is 12.7. The molecule has 3 rings (SSSR count). The molecule has 1 aliphatic heterocycles. The molecule has 6 heteroatoms. The van der Waals surface area contributed by atoms with Crippen LogP contribution in [-0.4, -0.2) is 33.4 Å². The molecule has 1 aromatic carbocycles. The molecule has 120 valence electrons. The zero-order valence-corrected chi connectivity index (χ0v) is 14.3. The first-order valence-electron chi connectivity index (χ1n) is 7.37. The number of carbonyl (C=O) groups is 1. The first kappa shape index (κ1) is 16.1. The van der Waals surface area contributed by atoms with E-state index in [4.69, 9.17) is 11.6 Å². The summed E-state index contributed by atoms with van der Waals surface area (Å²) >= 11 is 7.80. The summed E-state index contributed by atoms with van der Waals surface area (Å²) in [5, 5.41) is 0.688. The van der Waals surface area contributed by atoms with Crippen LogP contribution in [0.5, 0.6) is 0 Å². The van der Waals surface area contributed by atoms with Crippen molar-refractivity contribution in [2.45, 2.75) is 6.04 Å². The van der Waals surface area contributed by atoms with Crippen molar-refractivity contribution in [3.63, 3.8) is 0 Å². The first-order chi connectivity index (χ1) is 11.1. The monoisotopic (exact) mass is 348 g/mol. The highest BCUT2D eigenvalue weighted by atomic mass is 35.5. The molecule has 2 heterocycles. The van der Waals surface area contributed by atoms with Gasteiger partial charge in [-0.1, -0.05) is 23.7 Å². The second-order valence-electron chi connectivity index (χ2n) is 5.51. The summed E-state index contributed by atoms with van der Waals surface area (Å²) in [4.78, 5) is 26.3. The number of hydrogen-bond donors (Lipinski definition) is 0. The largest absolute Gasteiger partial charge is 0.330 e. The van der Waals surface area contributed by atoms with E-state index in [0.29, 0.717) is 17.1 Å². The number of carbonyl (C=O) groups excluding carboxylic acids is 1. The Balaban J connectivity index is 1.91. The van der Waals surface area contributed by atoms with Gasteiger partial charge in [0.1, 0.15) is 0 Å². The summed E-state index contributed by atoms with van der Waals surface area (Å²) in [5.41, 5.74) is 1.50. The highest BCUT2D eigenvalue weighted by Crippen LogP contribution is 2.31. The van der Waals surface area contributed by atoms with Gasteiger partial charge in [0.15, 0.2) is 0 Å². The van der Waals surface area contributed by atoms with E-state index in [1.165, 1.54) is 10.6 Å². The van der Waals surface area contributed by atoms with Crippen molar-refractivity contribution < 1.29 is 4.79 Å². The van der Waals surface area contributed by atoms with E-state index in [0.717, 1.165) is 17.1 Å². The lowest BCUT2D eigenvalue weighted by atomic mass is 10.1. The van der Waals surface area contributed by atoms with Gasteiger partial charge in [-0.25, -0.2) is 0 Å². The quantitative estimate of drug-likeness (QED) is 0.838. The Morgan fingerprint density at radius 3 is 2.65 bits per heavy atom. The summed E-state index contributed by atoms with van der Waals surface area (Å²) < 4.78 is 1.43. The lowest BCUT2D eigenvalue weighted by Crippen LogP contribution is -2.41. The van der Waals surface area contributed by atoms with Crippen LogP contribution < -0.4 is 5.56 Å². The predicted molar refractivity (Wildman–Crippen MR) is 94.2 cm³/mol. The van der Waals surface area contributed by atoms with Crippen molar-refractivity contribution in [2.24, 2.45) is 7.05 Å². The van der Waals surface area contributed by atoms with E-state index >= 15 is 0 Å². The second-order valence-corrected chi connectivity index (χ2v) is 7.09. The van der Waals surface area contributed by atoms with Crippen LogP contribution in [0.2, 0.25) is 5.02 Å². The predicted octanol–water partition coefficient (Wildman–Crippen LogP) is 2.97. The Labute approximate surface area is 144 Å². The molecule has 0 saturated carbocycles. The Bertz CT molecular complexity index is 773.